The predicted octanol–water partition coefficient (Wildman–Crippen LogP) is 0.859. The van der Waals surface area contributed by atoms with Crippen molar-refractivity contribution in [2.45, 2.75) is 77.5 Å². The SMILES string of the molecule is CC(C)C[C@H](NC(=O)[C@H](Cc1c[nH]cn1)NC(=O)[C@H](CC(C)C)NC(=O)[C@@H](N)Cc1ccc(O)cc1)C(=O)O. The van der Waals surface area contributed by atoms with E-state index in [0.717, 1.165) is 5.56 Å². The van der Waals surface area contributed by atoms with Crippen molar-refractivity contribution < 1.29 is 29.4 Å². The van der Waals surface area contributed by atoms with Gasteiger partial charge < -0.3 is 36.9 Å². The van der Waals surface area contributed by atoms with Gasteiger partial charge in [0.25, 0.3) is 0 Å². The molecule has 12 nitrogen and oxygen atoms in total. The van der Waals surface area contributed by atoms with Crippen LogP contribution in [0.25, 0.3) is 0 Å². The Bertz CT molecular complexity index is 1090. The van der Waals surface area contributed by atoms with E-state index >= 15 is 0 Å². The van der Waals surface area contributed by atoms with Gasteiger partial charge in [0.05, 0.1) is 18.1 Å². The molecular formula is C27H40N6O6. The highest BCUT2D eigenvalue weighted by atomic mass is 16.4. The minimum atomic E-state index is -1.17. The second-order valence-electron chi connectivity index (χ2n) is 10.5. The maximum Gasteiger partial charge on any atom is 0.326 e. The van der Waals surface area contributed by atoms with Gasteiger partial charge in [-0.1, -0.05) is 39.8 Å². The fraction of sp³-hybridized carbons (Fsp3) is 0.519. The molecule has 0 saturated heterocycles. The third kappa shape index (κ3) is 10.8. The van der Waals surface area contributed by atoms with E-state index in [0.29, 0.717) is 5.69 Å². The summed E-state index contributed by atoms with van der Waals surface area (Å²) in [5.41, 5.74) is 7.32. The summed E-state index contributed by atoms with van der Waals surface area (Å²) in [7, 11) is 0. The first kappa shape index (κ1) is 31.3. The number of aromatic nitrogens is 2. The quantitative estimate of drug-likeness (QED) is 0.171. The lowest BCUT2D eigenvalue weighted by atomic mass is 10.00. The van der Waals surface area contributed by atoms with Crippen LogP contribution in [0.5, 0.6) is 5.75 Å². The van der Waals surface area contributed by atoms with Crippen LogP contribution >= 0.6 is 0 Å². The maximum atomic E-state index is 13.4. The second kappa shape index (κ2) is 14.9. The molecule has 8 N–H and O–H groups in total. The molecule has 0 aliphatic carbocycles. The monoisotopic (exact) mass is 544 g/mol. The third-order valence-electron chi connectivity index (χ3n) is 5.99. The van der Waals surface area contributed by atoms with Crippen LogP contribution in [0.3, 0.4) is 0 Å². The molecule has 3 amide bonds. The molecule has 0 spiro atoms. The number of imidazole rings is 1. The predicted molar refractivity (Wildman–Crippen MR) is 144 cm³/mol. The number of aliphatic carboxylic acids is 1. The molecule has 2 rings (SSSR count). The van der Waals surface area contributed by atoms with E-state index in [-0.39, 0.29) is 43.3 Å². The van der Waals surface area contributed by atoms with Crippen molar-refractivity contribution in [3.05, 3.63) is 48.0 Å². The molecule has 0 saturated carbocycles. The van der Waals surface area contributed by atoms with Gasteiger partial charge in [0.2, 0.25) is 17.7 Å². The Morgan fingerprint density at radius 2 is 1.38 bits per heavy atom. The van der Waals surface area contributed by atoms with Gasteiger partial charge in [0.15, 0.2) is 0 Å². The Labute approximate surface area is 228 Å². The summed E-state index contributed by atoms with van der Waals surface area (Å²) in [5, 5.41) is 26.9. The first-order valence-corrected chi connectivity index (χ1v) is 13.0. The van der Waals surface area contributed by atoms with Gasteiger partial charge in [-0.15, -0.1) is 0 Å². The molecule has 39 heavy (non-hydrogen) atoms. The van der Waals surface area contributed by atoms with Crippen LogP contribution < -0.4 is 21.7 Å². The fourth-order valence-corrected chi connectivity index (χ4v) is 4.02. The summed E-state index contributed by atoms with van der Waals surface area (Å²) in [6.45, 7) is 7.47. The van der Waals surface area contributed by atoms with E-state index in [1.165, 1.54) is 18.5 Å². The number of carboxylic acids is 1. The van der Waals surface area contributed by atoms with E-state index in [2.05, 4.69) is 25.9 Å². The van der Waals surface area contributed by atoms with Crippen molar-refractivity contribution in [1.82, 2.24) is 25.9 Å². The normalized spacial score (nSPS) is 14.3. The highest BCUT2D eigenvalue weighted by Gasteiger charge is 2.31. The third-order valence-corrected chi connectivity index (χ3v) is 5.99. The van der Waals surface area contributed by atoms with Gasteiger partial charge in [0.1, 0.15) is 23.9 Å². The highest BCUT2D eigenvalue weighted by Crippen LogP contribution is 2.12. The summed E-state index contributed by atoms with van der Waals surface area (Å²) in [6, 6.07) is 2.11. The number of nitrogens with one attached hydrogen (secondary N) is 4. The number of phenolic OH excluding ortho intramolecular Hbond substituents is 1. The van der Waals surface area contributed by atoms with Crippen LogP contribution in [0, 0.1) is 11.8 Å². The van der Waals surface area contributed by atoms with Crippen LogP contribution in [0.2, 0.25) is 0 Å². The van der Waals surface area contributed by atoms with Gasteiger partial charge in [0, 0.05) is 12.6 Å². The van der Waals surface area contributed by atoms with E-state index in [1.54, 1.807) is 18.3 Å². The number of benzene rings is 1. The van der Waals surface area contributed by atoms with Gasteiger partial charge in [-0.3, -0.25) is 14.4 Å². The van der Waals surface area contributed by atoms with Crippen LogP contribution in [0.15, 0.2) is 36.8 Å². The van der Waals surface area contributed by atoms with E-state index < -0.39 is 47.9 Å². The number of phenols is 1. The molecule has 0 aliphatic rings. The van der Waals surface area contributed by atoms with Crippen LogP contribution in [-0.2, 0) is 32.0 Å². The summed E-state index contributed by atoms with van der Waals surface area (Å²) >= 11 is 0. The lowest BCUT2D eigenvalue weighted by Gasteiger charge is -2.26. The highest BCUT2D eigenvalue weighted by molar-refractivity contribution is 5.94. The number of amides is 3. The molecular weight excluding hydrogens is 504 g/mol. The molecule has 0 aliphatic heterocycles. The number of nitrogens with two attached hydrogens (primary N) is 1. The number of carbonyl (C=O) groups excluding carboxylic acids is 3. The molecule has 1 heterocycles. The molecule has 0 radical (unpaired) electrons. The van der Waals surface area contributed by atoms with Crippen LogP contribution in [0.1, 0.15) is 51.8 Å². The fourth-order valence-electron chi connectivity index (χ4n) is 4.02. The van der Waals surface area contributed by atoms with E-state index in [1.807, 2.05) is 27.7 Å². The molecule has 12 heteroatoms. The summed E-state index contributed by atoms with van der Waals surface area (Å²) in [5.74, 6) is -2.84. The Hall–Kier alpha value is -3.93. The number of nitrogens with zero attached hydrogens (tertiary/aromatic N) is 1. The number of hydrogen-bond acceptors (Lipinski definition) is 7. The van der Waals surface area contributed by atoms with Crippen molar-refractivity contribution in [1.29, 1.82) is 0 Å². The van der Waals surface area contributed by atoms with E-state index in [4.69, 9.17) is 5.73 Å². The van der Waals surface area contributed by atoms with Gasteiger partial charge in [-0.05, 0) is 48.8 Å². The zero-order chi connectivity index (χ0) is 29.1. The second-order valence-corrected chi connectivity index (χ2v) is 10.5. The minimum absolute atomic E-state index is 0.0117. The summed E-state index contributed by atoms with van der Waals surface area (Å²) < 4.78 is 0. The van der Waals surface area contributed by atoms with Crippen LogP contribution in [0.4, 0.5) is 0 Å². The zero-order valence-electron chi connectivity index (χ0n) is 22.8. The Kier molecular flexibility index (Phi) is 11.9. The number of carboxylic acid groups (broad SMARTS) is 1. The Balaban J connectivity index is 2.16. The summed E-state index contributed by atoms with van der Waals surface area (Å²) in [6.07, 6.45) is 3.71. The largest absolute Gasteiger partial charge is 0.508 e. The van der Waals surface area contributed by atoms with E-state index in [9.17, 15) is 29.4 Å². The first-order valence-electron chi connectivity index (χ1n) is 13.0. The number of carbonyl (C=O) groups is 4. The molecule has 0 unspecified atom stereocenters. The standard InChI is InChI=1S/C27H40N6O6/c1-15(2)9-21(31-24(35)20(28)11-17-5-7-19(34)8-6-17)25(36)32-22(12-18-13-29-14-30-18)26(37)33-23(27(38)39)10-16(3)4/h5-8,13-16,20-23,34H,9-12,28H2,1-4H3,(H,29,30)(H,31,35)(H,32,36)(H,33,37)(H,38,39)/t20-,21-,22-,23-/m0/s1. The lowest BCUT2D eigenvalue weighted by molar-refractivity contribution is -0.142. The number of rotatable bonds is 15. The average molecular weight is 545 g/mol. The number of H-pyrrole nitrogens is 1. The smallest absolute Gasteiger partial charge is 0.326 e. The van der Waals surface area contributed by atoms with Crippen molar-refractivity contribution in [2.24, 2.45) is 17.6 Å². The molecule has 214 valence electrons. The first-order chi connectivity index (χ1) is 18.3. The topological polar surface area (TPSA) is 200 Å². The molecule has 0 fully saturated rings. The summed E-state index contributed by atoms with van der Waals surface area (Å²) in [4.78, 5) is 58.0. The molecule has 4 atom stereocenters. The Morgan fingerprint density at radius 3 is 1.92 bits per heavy atom. The van der Waals surface area contributed by atoms with Crippen molar-refractivity contribution in [3.63, 3.8) is 0 Å². The molecule has 1 aromatic heterocycles. The molecule has 1 aromatic carbocycles. The van der Waals surface area contributed by atoms with Gasteiger partial charge in [-0.25, -0.2) is 9.78 Å². The van der Waals surface area contributed by atoms with Crippen molar-refractivity contribution >= 4 is 23.7 Å². The Morgan fingerprint density at radius 1 is 0.846 bits per heavy atom. The lowest BCUT2D eigenvalue weighted by Crippen LogP contribution is -2.58. The zero-order valence-corrected chi connectivity index (χ0v) is 22.8. The average Bonchev–Trinajstić information content (AvgIpc) is 3.36. The van der Waals surface area contributed by atoms with Gasteiger partial charge >= 0.3 is 5.97 Å². The van der Waals surface area contributed by atoms with Crippen LogP contribution in [-0.4, -0.2) is 68.0 Å². The van der Waals surface area contributed by atoms with Gasteiger partial charge in [-0.2, -0.15) is 0 Å². The maximum absolute atomic E-state index is 13.4. The minimum Gasteiger partial charge on any atom is -0.508 e. The molecule has 2 aromatic rings. The van der Waals surface area contributed by atoms with Crippen molar-refractivity contribution in [2.75, 3.05) is 0 Å². The number of aromatic amines is 1. The van der Waals surface area contributed by atoms with Crippen molar-refractivity contribution in [3.8, 4) is 5.75 Å². The number of aromatic hydroxyl groups is 1. The molecule has 0 bridgehead atoms. The number of hydrogen-bond donors (Lipinski definition) is 7.